The number of halogens is 3. The van der Waals surface area contributed by atoms with Gasteiger partial charge in [-0.05, 0) is 0 Å². The molecule has 10 heavy (non-hydrogen) atoms. The standard InChI is InChI=1S/C7H11BrCl2/c1-4(8)5-6(2,3)7(5,9)10/h4-5H,1-3H3. The number of hydrogen-bond donors (Lipinski definition) is 0. The van der Waals surface area contributed by atoms with Crippen LogP contribution in [0.25, 0.3) is 0 Å². The predicted octanol–water partition coefficient (Wildman–Crippen LogP) is 3.60. The summed E-state index contributed by atoms with van der Waals surface area (Å²) in [6.45, 7) is 6.27. The van der Waals surface area contributed by atoms with Gasteiger partial charge in [0.2, 0.25) is 0 Å². The van der Waals surface area contributed by atoms with Gasteiger partial charge in [0.25, 0.3) is 0 Å². The third-order valence-corrected chi connectivity index (χ3v) is 4.38. The quantitative estimate of drug-likeness (QED) is 0.620. The zero-order chi connectivity index (χ0) is 8.15. The molecule has 0 aromatic carbocycles. The number of rotatable bonds is 1. The Kier molecular flexibility index (Phi) is 2.08. The second-order valence-corrected chi connectivity index (χ2v) is 6.33. The van der Waals surface area contributed by atoms with Gasteiger partial charge in [-0.15, -0.1) is 23.2 Å². The van der Waals surface area contributed by atoms with Gasteiger partial charge >= 0.3 is 0 Å². The van der Waals surface area contributed by atoms with Crippen molar-refractivity contribution in [1.29, 1.82) is 0 Å². The second kappa shape index (κ2) is 2.27. The lowest BCUT2D eigenvalue weighted by Gasteiger charge is -2.01. The maximum absolute atomic E-state index is 6.03. The molecule has 1 fully saturated rings. The van der Waals surface area contributed by atoms with Crippen LogP contribution >= 0.6 is 39.1 Å². The Balaban J connectivity index is 2.72. The van der Waals surface area contributed by atoms with Crippen molar-refractivity contribution in [2.75, 3.05) is 0 Å². The molecule has 0 radical (unpaired) electrons. The summed E-state index contributed by atoms with van der Waals surface area (Å²) < 4.78 is -0.518. The molecule has 1 saturated carbocycles. The van der Waals surface area contributed by atoms with Gasteiger partial charge < -0.3 is 0 Å². The van der Waals surface area contributed by atoms with Crippen LogP contribution in [-0.4, -0.2) is 9.16 Å². The molecule has 2 unspecified atom stereocenters. The molecule has 1 aliphatic carbocycles. The highest BCUT2D eigenvalue weighted by Gasteiger charge is 2.71. The Hall–Kier alpha value is 1.06. The van der Waals surface area contributed by atoms with E-state index in [4.69, 9.17) is 23.2 Å². The molecule has 0 heterocycles. The SMILES string of the molecule is CC(Br)C1C(C)(C)C1(Cl)Cl. The normalized spacial score (nSPS) is 37.2. The molecule has 0 bridgehead atoms. The number of hydrogen-bond acceptors (Lipinski definition) is 0. The lowest BCUT2D eigenvalue weighted by Crippen LogP contribution is -2.00. The molecule has 0 spiro atoms. The zero-order valence-electron chi connectivity index (χ0n) is 6.29. The van der Waals surface area contributed by atoms with Crippen LogP contribution < -0.4 is 0 Å². The van der Waals surface area contributed by atoms with Crippen LogP contribution in [0.4, 0.5) is 0 Å². The van der Waals surface area contributed by atoms with Gasteiger partial charge in [-0.3, -0.25) is 0 Å². The first-order chi connectivity index (χ1) is 4.32. The maximum atomic E-state index is 6.03. The van der Waals surface area contributed by atoms with Crippen LogP contribution in [0.1, 0.15) is 20.8 Å². The Morgan fingerprint density at radius 2 is 1.70 bits per heavy atom. The third-order valence-electron chi connectivity index (χ3n) is 2.40. The Morgan fingerprint density at radius 3 is 1.70 bits per heavy atom. The fraction of sp³-hybridized carbons (Fsp3) is 1.00. The molecule has 0 nitrogen and oxygen atoms in total. The highest BCUT2D eigenvalue weighted by atomic mass is 79.9. The predicted molar refractivity (Wildman–Crippen MR) is 50.1 cm³/mol. The van der Waals surface area contributed by atoms with Crippen molar-refractivity contribution in [2.45, 2.75) is 29.9 Å². The third kappa shape index (κ3) is 1.02. The minimum absolute atomic E-state index is 0.0685. The van der Waals surface area contributed by atoms with E-state index in [0.29, 0.717) is 10.7 Å². The fourth-order valence-electron chi connectivity index (χ4n) is 1.56. The average molecular weight is 246 g/mol. The molecule has 3 heteroatoms. The molecule has 1 aliphatic rings. The summed E-state index contributed by atoms with van der Waals surface area (Å²) in [6.07, 6.45) is 0. The fourth-order valence-corrected chi connectivity index (χ4v) is 3.97. The minimum atomic E-state index is -0.518. The lowest BCUT2D eigenvalue weighted by molar-refractivity contribution is 0.557. The molecule has 0 N–H and O–H groups in total. The van der Waals surface area contributed by atoms with Crippen molar-refractivity contribution in [3.8, 4) is 0 Å². The van der Waals surface area contributed by atoms with Crippen molar-refractivity contribution in [3.05, 3.63) is 0 Å². The summed E-state index contributed by atoms with van der Waals surface area (Å²) in [5.74, 6) is 0.378. The van der Waals surface area contributed by atoms with E-state index in [2.05, 4.69) is 36.7 Å². The summed E-state index contributed by atoms with van der Waals surface area (Å²) in [5.41, 5.74) is 0.0685. The van der Waals surface area contributed by atoms with Gasteiger partial charge in [-0.1, -0.05) is 36.7 Å². The zero-order valence-corrected chi connectivity index (χ0v) is 9.39. The Morgan fingerprint density at radius 1 is 1.40 bits per heavy atom. The van der Waals surface area contributed by atoms with Gasteiger partial charge in [0.1, 0.15) is 4.33 Å². The number of alkyl halides is 3. The second-order valence-electron chi connectivity index (χ2n) is 3.50. The minimum Gasteiger partial charge on any atom is -0.101 e. The van der Waals surface area contributed by atoms with Crippen LogP contribution in [0, 0.1) is 11.3 Å². The molecule has 0 aromatic rings. The first-order valence-electron chi connectivity index (χ1n) is 3.33. The molecule has 60 valence electrons. The maximum Gasteiger partial charge on any atom is 0.128 e. The summed E-state index contributed by atoms with van der Waals surface area (Å²) >= 11 is 15.5. The first kappa shape index (κ1) is 9.15. The molecule has 1 rings (SSSR count). The molecule has 0 aromatic heterocycles. The van der Waals surface area contributed by atoms with E-state index in [1.54, 1.807) is 0 Å². The van der Waals surface area contributed by atoms with Crippen molar-refractivity contribution in [3.63, 3.8) is 0 Å². The van der Waals surface area contributed by atoms with E-state index in [-0.39, 0.29) is 5.41 Å². The van der Waals surface area contributed by atoms with E-state index in [1.807, 2.05) is 0 Å². The molecule has 0 amide bonds. The summed E-state index contributed by atoms with van der Waals surface area (Å²) in [4.78, 5) is 0.400. The molecule has 0 saturated heterocycles. The van der Waals surface area contributed by atoms with Crippen molar-refractivity contribution in [1.82, 2.24) is 0 Å². The van der Waals surface area contributed by atoms with Crippen molar-refractivity contribution in [2.24, 2.45) is 11.3 Å². The lowest BCUT2D eigenvalue weighted by atomic mass is 10.1. The monoisotopic (exact) mass is 244 g/mol. The largest absolute Gasteiger partial charge is 0.128 e. The summed E-state index contributed by atoms with van der Waals surface area (Å²) in [6, 6.07) is 0. The Bertz CT molecular complexity index is 138. The topological polar surface area (TPSA) is 0 Å². The Labute approximate surface area is 80.4 Å². The van der Waals surface area contributed by atoms with Gasteiger partial charge in [0.05, 0.1) is 0 Å². The summed E-state index contributed by atoms with van der Waals surface area (Å²) in [7, 11) is 0. The van der Waals surface area contributed by atoms with Crippen LogP contribution in [-0.2, 0) is 0 Å². The molecular formula is C7H11BrCl2. The van der Waals surface area contributed by atoms with E-state index in [9.17, 15) is 0 Å². The molecular weight excluding hydrogens is 235 g/mol. The smallest absolute Gasteiger partial charge is 0.101 e. The van der Waals surface area contributed by atoms with Crippen molar-refractivity contribution >= 4 is 39.1 Å². The van der Waals surface area contributed by atoms with Crippen LogP contribution in [0.5, 0.6) is 0 Å². The van der Waals surface area contributed by atoms with E-state index >= 15 is 0 Å². The van der Waals surface area contributed by atoms with Crippen LogP contribution in [0.2, 0.25) is 0 Å². The summed E-state index contributed by atoms with van der Waals surface area (Å²) in [5, 5.41) is 0. The van der Waals surface area contributed by atoms with E-state index in [0.717, 1.165) is 0 Å². The van der Waals surface area contributed by atoms with Gasteiger partial charge in [0, 0.05) is 16.2 Å². The van der Waals surface area contributed by atoms with Crippen molar-refractivity contribution < 1.29 is 0 Å². The van der Waals surface area contributed by atoms with Gasteiger partial charge in [-0.25, -0.2) is 0 Å². The van der Waals surface area contributed by atoms with E-state index < -0.39 is 4.33 Å². The highest BCUT2D eigenvalue weighted by molar-refractivity contribution is 9.09. The average Bonchev–Trinajstić information content (AvgIpc) is 1.97. The van der Waals surface area contributed by atoms with Crippen LogP contribution in [0.15, 0.2) is 0 Å². The van der Waals surface area contributed by atoms with Crippen LogP contribution in [0.3, 0.4) is 0 Å². The highest BCUT2D eigenvalue weighted by Crippen LogP contribution is 2.70. The first-order valence-corrected chi connectivity index (χ1v) is 5.01. The van der Waals surface area contributed by atoms with Gasteiger partial charge in [-0.2, -0.15) is 0 Å². The molecule has 0 aliphatic heterocycles. The van der Waals surface area contributed by atoms with E-state index in [1.165, 1.54) is 0 Å². The van der Waals surface area contributed by atoms with Gasteiger partial charge in [0.15, 0.2) is 0 Å². The molecule has 2 atom stereocenters.